The third-order valence-electron chi connectivity index (χ3n) is 3.22. The first-order valence-corrected chi connectivity index (χ1v) is 7.88. The number of hydrogen-bond donors (Lipinski definition) is 2. The first-order valence-electron chi connectivity index (χ1n) is 5.72. The molecule has 19 heavy (non-hydrogen) atoms. The molecule has 3 nitrogen and oxygen atoms in total. The Kier molecular flexibility index (Phi) is 9.56. The molecular formula is C12H18Cl2I2N2O. The molecule has 2 N–H and O–H groups in total. The zero-order valence-electron chi connectivity index (χ0n) is 10.5. The maximum atomic E-state index is 9.78. The van der Waals surface area contributed by atoms with Gasteiger partial charge in [0, 0.05) is 32.2 Å². The standard InChI is InChI=1S/C12H16I2N2O.2ClH/c1-8(16-4-2-15-3-5-16)9-6-10(13)12(17)11(14)7-9;;/h6-8,15,17H,2-5H2,1H3;2*1H/t8-;;/m1../s1. The number of phenols is 1. The SMILES string of the molecule is C[C@H](c1cc(I)c(O)c(I)c1)N1CCNCC1.Cl.Cl. The first-order chi connectivity index (χ1) is 8.09. The Morgan fingerprint density at radius 2 is 1.63 bits per heavy atom. The van der Waals surface area contributed by atoms with Crippen molar-refractivity contribution >= 4 is 70.0 Å². The van der Waals surface area contributed by atoms with Crippen LogP contribution in [0.25, 0.3) is 0 Å². The molecule has 0 saturated carbocycles. The fourth-order valence-electron chi connectivity index (χ4n) is 2.11. The molecule has 1 aliphatic rings. The van der Waals surface area contributed by atoms with Crippen LogP contribution < -0.4 is 5.32 Å². The van der Waals surface area contributed by atoms with E-state index in [1.807, 2.05) is 0 Å². The summed E-state index contributed by atoms with van der Waals surface area (Å²) in [6.07, 6.45) is 0. The largest absolute Gasteiger partial charge is 0.506 e. The van der Waals surface area contributed by atoms with Crippen molar-refractivity contribution in [1.82, 2.24) is 10.2 Å². The number of halogens is 4. The summed E-state index contributed by atoms with van der Waals surface area (Å²) < 4.78 is 1.87. The maximum Gasteiger partial charge on any atom is 0.142 e. The van der Waals surface area contributed by atoms with Gasteiger partial charge in [-0.15, -0.1) is 24.8 Å². The van der Waals surface area contributed by atoms with Gasteiger partial charge in [-0.2, -0.15) is 0 Å². The van der Waals surface area contributed by atoms with Crippen molar-refractivity contribution < 1.29 is 5.11 Å². The first kappa shape index (κ1) is 20.0. The Labute approximate surface area is 154 Å². The Hall–Kier alpha value is 0.980. The second kappa shape index (κ2) is 9.09. The van der Waals surface area contributed by atoms with Crippen LogP contribution in [0.1, 0.15) is 18.5 Å². The van der Waals surface area contributed by atoms with Crippen molar-refractivity contribution in [3.05, 3.63) is 24.8 Å². The monoisotopic (exact) mass is 530 g/mol. The number of nitrogens with one attached hydrogen (secondary N) is 1. The fourth-order valence-corrected chi connectivity index (χ4v) is 3.92. The van der Waals surface area contributed by atoms with E-state index in [0.717, 1.165) is 33.3 Å². The lowest BCUT2D eigenvalue weighted by atomic mass is 10.1. The number of piperazine rings is 1. The van der Waals surface area contributed by atoms with Crippen LogP contribution in [-0.2, 0) is 0 Å². The van der Waals surface area contributed by atoms with Gasteiger partial charge in [0.1, 0.15) is 5.75 Å². The summed E-state index contributed by atoms with van der Waals surface area (Å²) in [5.41, 5.74) is 1.29. The van der Waals surface area contributed by atoms with Gasteiger partial charge in [-0.1, -0.05) is 0 Å². The molecule has 1 atom stereocenters. The van der Waals surface area contributed by atoms with Gasteiger partial charge in [0.15, 0.2) is 0 Å². The summed E-state index contributed by atoms with van der Waals surface area (Å²) in [7, 11) is 0. The molecule has 1 heterocycles. The zero-order valence-corrected chi connectivity index (χ0v) is 16.5. The summed E-state index contributed by atoms with van der Waals surface area (Å²) in [6.45, 7) is 6.56. The Balaban J connectivity index is 0.00000162. The Bertz CT molecular complexity index is 392. The summed E-state index contributed by atoms with van der Waals surface area (Å²) in [4.78, 5) is 2.48. The van der Waals surface area contributed by atoms with Gasteiger partial charge >= 0.3 is 0 Å². The highest BCUT2D eigenvalue weighted by molar-refractivity contribution is 14.1. The quantitative estimate of drug-likeness (QED) is 0.575. The van der Waals surface area contributed by atoms with E-state index < -0.39 is 0 Å². The molecule has 1 fully saturated rings. The van der Waals surface area contributed by atoms with Gasteiger partial charge in [0.25, 0.3) is 0 Å². The third kappa shape index (κ3) is 5.03. The highest BCUT2D eigenvalue weighted by Gasteiger charge is 2.19. The van der Waals surface area contributed by atoms with E-state index in [4.69, 9.17) is 0 Å². The molecule has 2 rings (SSSR count). The predicted molar refractivity (Wildman–Crippen MR) is 101 cm³/mol. The second-order valence-electron chi connectivity index (χ2n) is 4.30. The number of nitrogens with zero attached hydrogens (tertiary/aromatic N) is 1. The van der Waals surface area contributed by atoms with Crippen LogP contribution >= 0.6 is 70.0 Å². The van der Waals surface area contributed by atoms with E-state index in [1.54, 1.807) is 0 Å². The number of aromatic hydroxyl groups is 1. The molecule has 1 aromatic rings. The minimum absolute atomic E-state index is 0. The number of benzene rings is 1. The molecule has 0 unspecified atom stereocenters. The molecule has 0 bridgehead atoms. The lowest BCUT2D eigenvalue weighted by Crippen LogP contribution is -2.44. The van der Waals surface area contributed by atoms with E-state index in [1.165, 1.54) is 5.56 Å². The molecule has 0 spiro atoms. The van der Waals surface area contributed by atoms with Gasteiger partial charge < -0.3 is 10.4 Å². The van der Waals surface area contributed by atoms with Crippen molar-refractivity contribution in [1.29, 1.82) is 0 Å². The maximum absolute atomic E-state index is 9.78. The zero-order chi connectivity index (χ0) is 12.4. The summed E-state index contributed by atoms with van der Waals surface area (Å²) in [5, 5.41) is 13.2. The van der Waals surface area contributed by atoms with Crippen LogP contribution in [0.3, 0.4) is 0 Å². The highest BCUT2D eigenvalue weighted by atomic mass is 127. The molecule has 0 aliphatic carbocycles. The van der Waals surface area contributed by atoms with Crippen LogP contribution in [0.15, 0.2) is 12.1 Å². The smallest absolute Gasteiger partial charge is 0.142 e. The molecule has 110 valence electrons. The van der Waals surface area contributed by atoms with Gasteiger partial charge in [-0.3, -0.25) is 4.90 Å². The van der Waals surface area contributed by atoms with Crippen LogP contribution in [0.5, 0.6) is 5.75 Å². The molecule has 0 amide bonds. The Morgan fingerprint density at radius 1 is 1.16 bits per heavy atom. The molecule has 0 aromatic heterocycles. The van der Waals surface area contributed by atoms with Gasteiger partial charge in [-0.25, -0.2) is 0 Å². The average Bonchev–Trinajstić information content (AvgIpc) is 2.35. The lowest BCUT2D eigenvalue weighted by molar-refractivity contribution is 0.185. The summed E-state index contributed by atoms with van der Waals surface area (Å²) in [5.74, 6) is 0.405. The van der Waals surface area contributed by atoms with Crippen molar-refractivity contribution in [2.75, 3.05) is 26.2 Å². The van der Waals surface area contributed by atoms with E-state index in [0.29, 0.717) is 11.8 Å². The summed E-state index contributed by atoms with van der Waals surface area (Å²) in [6, 6.07) is 4.59. The van der Waals surface area contributed by atoms with E-state index in [2.05, 4.69) is 74.5 Å². The molecule has 1 aliphatic heterocycles. The van der Waals surface area contributed by atoms with Crippen LogP contribution in [0, 0.1) is 7.14 Å². The van der Waals surface area contributed by atoms with Crippen LogP contribution in [0.2, 0.25) is 0 Å². The minimum atomic E-state index is 0. The molecule has 7 heteroatoms. The van der Waals surface area contributed by atoms with Gasteiger partial charge in [0.2, 0.25) is 0 Å². The normalized spacial score (nSPS) is 17.2. The van der Waals surface area contributed by atoms with Gasteiger partial charge in [-0.05, 0) is 69.8 Å². The van der Waals surface area contributed by atoms with E-state index in [9.17, 15) is 5.11 Å². The molecule has 1 saturated heterocycles. The van der Waals surface area contributed by atoms with Crippen LogP contribution in [0.4, 0.5) is 0 Å². The average molecular weight is 531 g/mol. The van der Waals surface area contributed by atoms with Gasteiger partial charge in [0.05, 0.1) is 7.14 Å². The molecule has 1 aromatic carbocycles. The minimum Gasteiger partial charge on any atom is -0.506 e. The predicted octanol–water partition coefficient (Wildman–Crippen LogP) is 3.41. The molecule has 0 radical (unpaired) electrons. The van der Waals surface area contributed by atoms with Crippen molar-refractivity contribution in [3.63, 3.8) is 0 Å². The summed E-state index contributed by atoms with van der Waals surface area (Å²) >= 11 is 4.39. The third-order valence-corrected chi connectivity index (χ3v) is 4.87. The highest BCUT2D eigenvalue weighted by Crippen LogP contribution is 2.31. The number of rotatable bonds is 2. The van der Waals surface area contributed by atoms with E-state index >= 15 is 0 Å². The van der Waals surface area contributed by atoms with Crippen LogP contribution in [-0.4, -0.2) is 36.2 Å². The number of hydrogen-bond acceptors (Lipinski definition) is 3. The fraction of sp³-hybridized carbons (Fsp3) is 0.500. The van der Waals surface area contributed by atoms with E-state index in [-0.39, 0.29) is 24.8 Å². The van der Waals surface area contributed by atoms with Crippen molar-refractivity contribution in [2.45, 2.75) is 13.0 Å². The second-order valence-corrected chi connectivity index (χ2v) is 6.62. The topological polar surface area (TPSA) is 35.5 Å². The number of phenolic OH excluding ortho intramolecular Hbond substituents is 1. The van der Waals surface area contributed by atoms with Crippen molar-refractivity contribution in [2.24, 2.45) is 0 Å². The molecular weight excluding hydrogens is 513 g/mol. The lowest BCUT2D eigenvalue weighted by Gasteiger charge is -2.33. The van der Waals surface area contributed by atoms with Crippen molar-refractivity contribution in [3.8, 4) is 5.75 Å². The Morgan fingerprint density at radius 3 is 2.11 bits per heavy atom.